The van der Waals surface area contributed by atoms with Gasteiger partial charge in [-0.15, -0.1) is 0 Å². The van der Waals surface area contributed by atoms with Crippen LogP contribution in [0.2, 0.25) is 0 Å². The van der Waals surface area contributed by atoms with E-state index in [0.717, 1.165) is 18.4 Å². The van der Waals surface area contributed by atoms with Gasteiger partial charge in [0.1, 0.15) is 5.82 Å². The molecule has 0 aliphatic rings. The number of rotatable bonds is 10. The SMILES string of the molecule is CCCc1ccc(C(=O)CCC(=O)O[C@@H](C)C(=O)NCc2ccc(F)cc2)cc1. The zero-order valence-electron chi connectivity index (χ0n) is 16.7. The number of nitrogens with one attached hydrogen (secondary N) is 1. The first kappa shape index (κ1) is 22.3. The second kappa shape index (κ2) is 11.1. The molecule has 1 atom stereocenters. The Bertz CT molecular complexity index is 831. The Morgan fingerprint density at radius 1 is 0.966 bits per heavy atom. The van der Waals surface area contributed by atoms with Crippen molar-refractivity contribution in [1.82, 2.24) is 5.32 Å². The normalized spacial score (nSPS) is 11.6. The lowest BCUT2D eigenvalue weighted by atomic mass is 10.0. The van der Waals surface area contributed by atoms with E-state index < -0.39 is 18.0 Å². The molecular weight excluding hydrogens is 373 g/mol. The first-order chi connectivity index (χ1) is 13.9. The number of carbonyl (C=O) groups excluding carboxylic acids is 3. The Balaban J connectivity index is 1.73. The second-order valence-electron chi connectivity index (χ2n) is 6.85. The molecule has 0 fully saturated rings. The molecule has 2 rings (SSSR count). The number of hydrogen-bond acceptors (Lipinski definition) is 4. The Hall–Kier alpha value is -3.02. The molecule has 0 saturated heterocycles. The lowest BCUT2D eigenvalue weighted by Crippen LogP contribution is -2.35. The van der Waals surface area contributed by atoms with Gasteiger partial charge < -0.3 is 10.1 Å². The van der Waals surface area contributed by atoms with Crippen LogP contribution >= 0.6 is 0 Å². The molecule has 0 aliphatic heterocycles. The van der Waals surface area contributed by atoms with Crippen LogP contribution in [0.25, 0.3) is 0 Å². The van der Waals surface area contributed by atoms with Gasteiger partial charge in [0.15, 0.2) is 11.9 Å². The smallest absolute Gasteiger partial charge is 0.307 e. The Kier molecular flexibility index (Phi) is 8.52. The van der Waals surface area contributed by atoms with E-state index in [9.17, 15) is 18.8 Å². The van der Waals surface area contributed by atoms with E-state index in [2.05, 4.69) is 12.2 Å². The van der Waals surface area contributed by atoms with Crippen molar-refractivity contribution >= 4 is 17.7 Å². The molecule has 0 aliphatic carbocycles. The molecule has 154 valence electrons. The van der Waals surface area contributed by atoms with Crippen LogP contribution in [0.3, 0.4) is 0 Å². The first-order valence-electron chi connectivity index (χ1n) is 9.72. The van der Waals surface area contributed by atoms with E-state index in [1.807, 2.05) is 12.1 Å². The number of carbonyl (C=O) groups is 3. The van der Waals surface area contributed by atoms with Crippen LogP contribution in [-0.2, 0) is 27.3 Å². The second-order valence-corrected chi connectivity index (χ2v) is 6.85. The number of benzene rings is 2. The summed E-state index contributed by atoms with van der Waals surface area (Å²) in [5, 5.41) is 2.62. The molecule has 0 aromatic heterocycles. The lowest BCUT2D eigenvalue weighted by molar-refractivity contribution is -0.154. The van der Waals surface area contributed by atoms with Gasteiger partial charge in [-0.25, -0.2) is 4.39 Å². The van der Waals surface area contributed by atoms with Gasteiger partial charge in [-0.05, 0) is 36.6 Å². The Labute approximate surface area is 170 Å². The van der Waals surface area contributed by atoms with E-state index in [0.29, 0.717) is 5.56 Å². The van der Waals surface area contributed by atoms with Gasteiger partial charge in [0.05, 0.1) is 6.42 Å². The van der Waals surface area contributed by atoms with Crippen LogP contribution in [0, 0.1) is 5.82 Å². The topological polar surface area (TPSA) is 72.5 Å². The fourth-order valence-corrected chi connectivity index (χ4v) is 2.75. The number of amides is 1. The highest BCUT2D eigenvalue weighted by Gasteiger charge is 2.18. The number of ketones is 1. The van der Waals surface area contributed by atoms with Crippen molar-refractivity contribution in [3.63, 3.8) is 0 Å². The third-order valence-electron chi connectivity index (χ3n) is 4.43. The molecule has 2 aromatic rings. The maximum absolute atomic E-state index is 12.9. The fourth-order valence-electron chi connectivity index (χ4n) is 2.75. The van der Waals surface area contributed by atoms with Gasteiger partial charge in [0, 0.05) is 18.5 Å². The number of aryl methyl sites for hydroxylation is 1. The zero-order valence-corrected chi connectivity index (χ0v) is 16.7. The van der Waals surface area contributed by atoms with Crippen LogP contribution in [-0.4, -0.2) is 23.8 Å². The van der Waals surface area contributed by atoms with Crippen molar-refractivity contribution in [3.8, 4) is 0 Å². The molecule has 0 unspecified atom stereocenters. The minimum absolute atomic E-state index is 0.0237. The molecule has 1 amide bonds. The van der Waals surface area contributed by atoms with E-state index in [1.165, 1.54) is 24.6 Å². The largest absolute Gasteiger partial charge is 0.453 e. The lowest BCUT2D eigenvalue weighted by Gasteiger charge is -2.13. The van der Waals surface area contributed by atoms with Crippen LogP contribution in [0.5, 0.6) is 0 Å². The summed E-state index contributed by atoms with van der Waals surface area (Å²) in [6.07, 6.45) is 0.948. The standard InChI is InChI=1S/C23H26FNO4/c1-3-4-17-5-9-19(10-6-17)21(26)13-14-22(27)29-16(2)23(28)25-15-18-7-11-20(24)12-8-18/h5-12,16H,3-4,13-15H2,1-2H3,(H,25,28)/t16-/m0/s1. The average molecular weight is 399 g/mol. The summed E-state index contributed by atoms with van der Waals surface area (Å²) in [6, 6.07) is 13.1. The van der Waals surface area contributed by atoms with Crippen molar-refractivity contribution in [2.75, 3.05) is 0 Å². The molecule has 5 nitrogen and oxygen atoms in total. The summed E-state index contributed by atoms with van der Waals surface area (Å²) >= 11 is 0. The third kappa shape index (κ3) is 7.49. The van der Waals surface area contributed by atoms with Gasteiger partial charge in [0.25, 0.3) is 5.91 Å². The maximum Gasteiger partial charge on any atom is 0.307 e. The summed E-state index contributed by atoms with van der Waals surface area (Å²) in [6.45, 7) is 3.76. The van der Waals surface area contributed by atoms with E-state index in [1.54, 1.807) is 24.3 Å². The van der Waals surface area contributed by atoms with Crippen molar-refractivity contribution in [1.29, 1.82) is 0 Å². The van der Waals surface area contributed by atoms with Crippen molar-refractivity contribution in [2.45, 2.75) is 52.2 Å². The predicted molar refractivity (Wildman–Crippen MR) is 108 cm³/mol. The Morgan fingerprint density at radius 2 is 1.59 bits per heavy atom. The van der Waals surface area contributed by atoms with E-state index in [4.69, 9.17) is 4.74 Å². The highest BCUT2D eigenvalue weighted by molar-refractivity contribution is 5.97. The molecule has 0 heterocycles. The van der Waals surface area contributed by atoms with Gasteiger partial charge in [-0.1, -0.05) is 49.7 Å². The molecule has 0 saturated carbocycles. The summed E-state index contributed by atoms with van der Waals surface area (Å²) < 4.78 is 18.0. The molecule has 6 heteroatoms. The number of halogens is 1. The van der Waals surface area contributed by atoms with Crippen LogP contribution in [0.15, 0.2) is 48.5 Å². The van der Waals surface area contributed by atoms with Crippen LogP contribution < -0.4 is 5.32 Å². The number of ether oxygens (including phenoxy) is 1. The van der Waals surface area contributed by atoms with E-state index in [-0.39, 0.29) is 31.0 Å². The molecule has 1 N–H and O–H groups in total. The van der Waals surface area contributed by atoms with Gasteiger partial charge in [-0.3, -0.25) is 14.4 Å². The molecule has 2 aromatic carbocycles. The van der Waals surface area contributed by atoms with Crippen LogP contribution in [0.1, 0.15) is 54.6 Å². The third-order valence-corrected chi connectivity index (χ3v) is 4.43. The minimum atomic E-state index is -0.980. The van der Waals surface area contributed by atoms with Crippen molar-refractivity contribution in [3.05, 3.63) is 71.0 Å². The zero-order chi connectivity index (χ0) is 21.2. The van der Waals surface area contributed by atoms with Crippen molar-refractivity contribution in [2.24, 2.45) is 0 Å². The highest BCUT2D eigenvalue weighted by atomic mass is 19.1. The maximum atomic E-state index is 12.9. The quantitative estimate of drug-likeness (QED) is 0.484. The molecule has 0 spiro atoms. The van der Waals surface area contributed by atoms with Crippen molar-refractivity contribution < 1.29 is 23.5 Å². The fraction of sp³-hybridized carbons (Fsp3) is 0.348. The van der Waals surface area contributed by atoms with Gasteiger partial charge in [0.2, 0.25) is 0 Å². The summed E-state index contributed by atoms with van der Waals surface area (Å²) in [7, 11) is 0. The van der Waals surface area contributed by atoms with Crippen LogP contribution in [0.4, 0.5) is 4.39 Å². The highest BCUT2D eigenvalue weighted by Crippen LogP contribution is 2.11. The first-order valence-corrected chi connectivity index (χ1v) is 9.72. The number of Topliss-reactive ketones (excluding diaryl/α,β-unsaturated/α-hetero) is 1. The van der Waals surface area contributed by atoms with Gasteiger partial charge in [-0.2, -0.15) is 0 Å². The number of esters is 1. The molecule has 0 radical (unpaired) electrons. The predicted octanol–water partition coefficient (Wildman–Crippen LogP) is 3.99. The minimum Gasteiger partial charge on any atom is -0.453 e. The Morgan fingerprint density at radius 3 is 2.21 bits per heavy atom. The molecule has 0 bridgehead atoms. The number of hydrogen-bond donors (Lipinski definition) is 1. The molecular formula is C23H26FNO4. The summed E-state index contributed by atoms with van der Waals surface area (Å²) in [5.74, 6) is -1.56. The monoisotopic (exact) mass is 399 g/mol. The molecule has 29 heavy (non-hydrogen) atoms. The average Bonchev–Trinajstić information content (AvgIpc) is 2.72. The van der Waals surface area contributed by atoms with Gasteiger partial charge >= 0.3 is 5.97 Å². The summed E-state index contributed by atoms with van der Waals surface area (Å²) in [4.78, 5) is 36.2. The summed E-state index contributed by atoms with van der Waals surface area (Å²) in [5.41, 5.74) is 2.46. The van der Waals surface area contributed by atoms with E-state index >= 15 is 0 Å².